The molecule has 0 heterocycles. The molecule has 114 valence electrons. The van der Waals surface area contributed by atoms with Gasteiger partial charge in [0.2, 0.25) is 0 Å². The molecule has 3 N–H and O–H groups in total. The van der Waals surface area contributed by atoms with Crippen LogP contribution in [0, 0.1) is 11.8 Å². The molecule has 19 heavy (non-hydrogen) atoms. The standard InChI is InChI=1S/C7H12O2.C6H13N.C3H8/c8-7(9)5-6-3-1-2-4-6;7-5-6-3-1-2-4-6;1-3-2/h6H,1-5H2,(H,8,9);6H,1-5,7H2;3H2,1-2H3. The molecule has 0 radical (unpaired) electrons. The number of carbonyl (C=O) groups is 1. The highest BCUT2D eigenvalue weighted by atomic mass is 16.4. The second-order valence-electron chi connectivity index (χ2n) is 5.84. The fourth-order valence-electron chi connectivity index (χ4n) is 2.71. The molecule has 0 amide bonds. The first-order valence-corrected chi connectivity index (χ1v) is 8.05. The van der Waals surface area contributed by atoms with Gasteiger partial charge < -0.3 is 10.8 Å². The Labute approximate surface area is 119 Å². The van der Waals surface area contributed by atoms with Gasteiger partial charge in [-0.25, -0.2) is 0 Å². The van der Waals surface area contributed by atoms with Crippen molar-refractivity contribution in [2.24, 2.45) is 17.6 Å². The van der Waals surface area contributed by atoms with Gasteiger partial charge >= 0.3 is 5.97 Å². The summed E-state index contributed by atoms with van der Waals surface area (Å²) in [4.78, 5) is 10.2. The van der Waals surface area contributed by atoms with Crippen molar-refractivity contribution in [3.05, 3.63) is 0 Å². The Hall–Kier alpha value is -0.570. The molecule has 0 aromatic rings. The van der Waals surface area contributed by atoms with Gasteiger partial charge in [-0.2, -0.15) is 0 Å². The third-order valence-electron chi connectivity index (χ3n) is 3.75. The fourth-order valence-corrected chi connectivity index (χ4v) is 2.71. The first-order valence-electron chi connectivity index (χ1n) is 8.05. The maximum Gasteiger partial charge on any atom is 0.303 e. The van der Waals surface area contributed by atoms with Crippen molar-refractivity contribution < 1.29 is 9.90 Å². The Morgan fingerprint density at radius 3 is 1.63 bits per heavy atom. The van der Waals surface area contributed by atoms with Crippen LogP contribution >= 0.6 is 0 Å². The summed E-state index contributed by atoms with van der Waals surface area (Å²) < 4.78 is 0. The van der Waals surface area contributed by atoms with E-state index in [0.29, 0.717) is 12.3 Å². The summed E-state index contributed by atoms with van der Waals surface area (Å²) in [6, 6.07) is 0. The first kappa shape index (κ1) is 18.4. The van der Waals surface area contributed by atoms with Crippen LogP contribution < -0.4 is 5.73 Å². The van der Waals surface area contributed by atoms with Gasteiger partial charge in [-0.05, 0) is 44.1 Å². The van der Waals surface area contributed by atoms with Crippen molar-refractivity contribution in [1.29, 1.82) is 0 Å². The van der Waals surface area contributed by atoms with Gasteiger partial charge in [-0.15, -0.1) is 0 Å². The minimum atomic E-state index is -0.637. The Morgan fingerprint density at radius 1 is 1.00 bits per heavy atom. The number of nitrogens with two attached hydrogens (primary N) is 1. The minimum Gasteiger partial charge on any atom is -0.481 e. The van der Waals surface area contributed by atoms with Crippen LogP contribution in [0.25, 0.3) is 0 Å². The molecule has 2 aliphatic carbocycles. The normalized spacial score (nSPS) is 19.3. The summed E-state index contributed by atoms with van der Waals surface area (Å²) in [5.74, 6) is 0.726. The van der Waals surface area contributed by atoms with E-state index in [-0.39, 0.29) is 0 Å². The van der Waals surface area contributed by atoms with Crippen molar-refractivity contribution >= 4 is 5.97 Å². The lowest BCUT2D eigenvalue weighted by Gasteiger charge is -2.01. The van der Waals surface area contributed by atoms with Crippen LogP contribution in [0.3, 0.4) is 0 Å². The highest BCUT2D eigenvalue weighted by molar-refractivity contribution is 5.67. The summed E-state index contributed by atoms with van der Waals surface area (Å²) in [6.45, 7) is 5.17. The second-order valence-corrected chi connectivity index (χ2v) is 5.84. The predicted molar refractivity (Wildman–Crippen MR) is 81.2 cm³/mol. The molecule has 0 atom stereocenters. The van der Waals surface area contributed by atoms with Crippen molar-refractivity contribution in [1.82, 2.24) is 0 Å². The van der Waals surface area contributed by atoms with Gasteiger partial charge in [-0.3, -0.25) is 4.79 Å². The van der Waals surface area contributed by atoms with E-state index in [1.165, 1.54) is 44.9 Å². The molecule has 0 unspecified atom stereocenters. The maximum absolute atomic E-state index is 10.2. The van der Waals surface area contributed by atoms with Crippen LogP contribution in [0.5, 0.6) is 0 Å². The van der Waals surface area contributed by atoms with E-state index in [1.54, 1.807) is 0 Å². The molecule has 0 aromatic heterocycles. The van der Waals surface area contributed by atoms with Gasteiger partial charge in [-0.1, -0.05) is 46.0 Å². The molecule has 2 rings (SSSR count). The van der Waals surface area contributed by atoms with Crippen LogP contribution in [0.4, 0.5) is 0 Å². The van der Waals surface area contributed by atoms with Crippen molar-refractivity contribution in [3.8, 4) is 0 Å². The van der Waals surface area contributed by atoms with Crippen molar-refractivity contribution in [3.63, 3.8) is 0 Å². The summed E-state index contributed by atoms with van der Waals surface area (Å²) >= 11 is 0. The number of hydrogen-bond acceptors (Lipinski definition) is 2. The molecule has 0 aromatic carbocycles. The zero-order valence-corrected chi connectivity index (χ0v) is 12.9. The molecule has 2 aliphatic rings. The second kappa shape index (κ2) is 12.5. The number of rotatable bonds is 3. The topological polar surface area (TPSA) is 63.3 Å². The number of carboxylic acid groups (broad SMARTS) is 1. The summed E-state index contributed by atoms with van der Waals surface area (Å²) in [5, 5.41) is 8.37. The Kier molecular flexibility index (Phi) is 12.1. The van der Waals surface area contributed by atoms with Gasteiger partial charge in [0, 0.05) is 6.42 Å². The summed E-state index contributed by atoms with van der Waals surface area (Å²) in [7, 11) is 0. The number of carboxylic acids is 1. The SMILES string of the molecule is CCC.NCC1CCCC1.O=C(O)CC1CCCC1. The average Bonchev–Trinajstić information content (AvgIpc) is 3.01. The van der Waals surface area contributed by atoms with Gasteiger partial charge in [0.25, 0.3) is 0 Å². The highest BCUT2D eigenvalue weighted by Gasteiger charge is 2.17. The van der Waals surface area contributed by atoms with Gasteiger partial charge in [0.15, 0.2) is 0 Å². The Morgan fingerprint density at radius 2 is 1.37 bits per heavy atom. The third-order valence-corrected chi connectivity index (χ3v) is 3.75. The zero-order chi connectivity index (χ0) is 14.5. The quantitative estimate of drug-likeness (QED) is 0.808. The fraction of sp³-hybridized carbons (Fsp3) is 0.938. The van der Waals surface area contributed by atoms with E-state index < -0.39 is 5.97 Å². The van der Waals surface area contributed by atoms with Crippen molar-refractivity contribution in [2.45, 2.75) is 78.1 Å². The zero-order valence-electron chi connectivity index (χ0n) is 12.9. The highest BCUT2D eigenvalue weighted by Crippen LogP contribution is 2.27. The monoisotopic (exact) mass is 271 g/mol. The maximum atomic E-state index is 10.2. The molecule has 0 saturated heterocycles. The van der Waals surface area contributed by atoms with Crippen LogP contribution in [-0.2, 0) is 4.79 Å². The number of aliphatic carboxylic acids is 1. The van der Waals surface area contributed by atoms with Crippen LogP contribution in [0.1, 0.15) is 78.1 Å². The average molecular weight is 271 g/mol. The molecular weight excluding hydrogens is 238 g/mol. The Bertz CT molecular complexity index is 207. The minimum absolute atomic E-state index is 0.389. The molecule has 0 spiro atoms. The lowest BCUT2D eigenvalue weighted by molar-refractivity contribution is -0.138. The molecule has 0 aliphatic heterocycles. The van der Waals surface area contributed by atoms with Crippen LogP contribution in [0.2, 0.25) is 0 Å². The summed E-state index contributed by atoms with van der Waals surface area (Å²) in [6.07, 6.45) is 12.0. The molecule has 0 bridgehead atoms. The predicted octanol–water partition coefficient (Wildman–Crippen LogP) is 4.20. The van der Waals surface area contributed by atoms with Crippen molar-refractivity contribution in [2.75, 3.05) is 6.54 Å². The molecular formula is C16H33NO2. The van der Waals surface area contributed by atoms with Crippen LogP contribution in [-0.4, -0.2) is 17.6 Å². The summed E-state index contributed by atoms with van der Waals surface area (Å²) in [5.41, 5.74) is 5.43. The van der Waals surface area contributed by atoms with E-state index in [1.807, 2.05) is 0 Å². The van der Waals surface area contributed by atoms with Gasteiger partial charge in [0.05, 0.1) is 0 Å². The molecule has 2 saturated carbocycles. The molecule has 3 heteroatoms. The largest absolute Gasteiger partial charge is 0.481 e. The van der Waals surface area contributed by atoms with Crippen LogP contribution in [0.15, 0.2) is 0 Å². The Balaban J connectivity index is 0.000000289. The van der Waals surface area contributed by atoms with E-state index in [4.69, 9.17) is 10.8 Å². The molecule has 3 nitrogen and oxygen atoms in total. The lowest BCUT2D eigenvalue weighted by Crippen LogP contribution is -2.09. The molecule has 2 fully saturated rings. The van der Waals surface area contributed by atoms with E-state index in [9.17, 15) is 4.79 Å². The van der Waals surface area contributed by atoms with E-state index >= 15 is 0 Å². The number of hydrogen-bond donors (Lipinski definition) is 2. The van der Waals surface area contributed by atoms with E-state index in [0.717, 1.165) is 25.3 Å². The first-order chi connectivity index (χ1) is 9.13. The lowest BCUT2D eigenvalue weighted by atomic mass is 10.1. The van der Waals surface area contributed by atoms with Gasteiger partial charge in [0.1, 0.15) is 0 Å². The third kappa shape index (κ3) is 11.0. The smallest absolute Gasteiger partial charge is 0.303 e. The van der Waals surface area contributed by atoms with E-state index in [2.05, 4.69) is 13.8 Å².